The summed E-state index contributed by atoms with van der Waals surface area (Å²) >= 11 is 0. The van der Waals surface area contributed by atoms with Crippen LogP contribution < -0.4 is 14.8 Å². The second-order valence-electron chi connectivity index (χ2n) is 8.76. The maximum absolute atomic E-state index is 12.6. The van der Waals surface area contributed by atoms with Gasteiger partial charge in [-0.3, -0.25) is 0 Å². The van der Waals surface area contributed by atoms with Crippen molar-refractivity contribution in [2.24, 2.45) is 0 Å². The summed E-state index contributed by atoms with van der Waals surface area (Å²) in [5.41, 5.74) is 1.98. The minimum absolute atomic E-state index is 0.192. The molecule has 0 atom stereocenters. The highest BCUT2D eigenvalue weighted by molar-refractivity contribution is 5.90. The van der Waals surface area contributed by atoms with E-state index in [-0.39, 0.29) is 12.2 Å². The van der Waals surface area contributed by atoms with E-state index in [0.29, 0.717) is 41.8 Å². The topological polar surface area (TPSA) is 106 Å². The van der Waals surface area contributed by atoms with Crippen molar-refractivity contribution in [3.8, 4) is 28.5 Å². The predicted octanol–water partition coefficient (Wildman–Crippen LogP) is 7.10. The van der Waals surface area contributed by atoms with E-state index in [1.54, 1.807) is 37.4 Å². The molecule has 0 bridgehead atoms. The van der Waals surface area contributed by atoms with Crippen molar-refractivity contribution in [1.82, 2.24) is 15.0 Å². The summed E-state index contributed by atoms with van der Waals surface area (Å²) in [5.74, 6) is -0.0128. The Morgan fingerprint density at radius 3 is 2.22 bits per heavy atom. The molecule has 3 aromatic carbocycles. The number of unbranched alkanes of at least 4 members (excludes halogenated alkanes) is 1. The first-order valence-electron chi connectivity index (χ1n) is 12.7. The number of halogens is 3. The number of alkyl halides is 3. The molecule has 0 saturated carbocycles. The number of carbonyl (C=O) groups excluding carboxylic acids is 2. The Morgan fingerprint density at radius 1 is 0.927 bits per heavy atom. The van der Waals surface area contributed by atoms with E-state index in [1.807, 2.05) is 42.5 Å². The Hall–Kier alpha value is -5.00. The number of benzene rings is 3. The number of imidazole rings is 1. The van der Waals surface area contributed by atoms with Crippen molar-refractivity contribution in [2.75, 3.05) is 11.9 Å². The monoisotopic (exact) mass is 568 g/mol. The smallest absolute Gasteiger partial charge is 0.486 e. The number of H-pyrrole nitrogens is 1. The van der Waals surface area contributed by atoms with Crippen LogP contribution in [0.25, 0.3) is 11.3 Å². The van der Waals surface area contributed by atoms with Gasteiger partial charge in [0.25, 0.3) is 0 Å². The number of aromatic amines is 1. The first-order chi connectivity index (χ1) is 19.7. The third-order valence-corrected chi connectivity index (χ3v) is 5.62. The molecule has 2 N–H and O–H groups in total. The van der Waals surface area contributed by atoms with Crippen LogP contribution in [0, 0.1) is 0 Å². The largest absolute Gasteiger partial charge is 0.493 e. The lowest BCUT2D eigenvalue weighted by molar-refractivity contribution is -0.227. The van der Waals surface area contributed by atoms with Crippen LogP contribution in [0.1, 0.15) is 25.6 Å². The van der Waals surface area contributed by atoms with Crippen molar-refractivity contribution in [1.29, 1.82) is 0 Å². The standard InChI is InChI=1S/C29H27F3N4O5/c1-2-3-17-36(41-27(37)29(30,31)32)28(38)34-21-11-15-24(16-12-21)40-23-13-9-20(10-14-23)25-18-33-26(35-25)19-39-22-7-5-4-6-8-22/h4-16,18H,2-3,17,19H2,1H3,(H,33,35)(H,34,38). The van der Waals surface area contributed by atoms with Crippen molar-refractivity contribution in [2.45, 2.75) is 32.5 Å². The number of anilines is 1. The SMILES string of the molecule is CCCCN(OC(=O)C(F)(F)F)C(=O)Nc1ccc(Oc2ccc(-c3cnc(COc4ccccc4)[nH]3)cc2)cc1. The molecule has 0 radical (unpaired) electrons. The second kappa shape index (κ2) is 13.4. The van der Waals surface area contributed by atoms with Gasteiger partial charge in [0.1, 0.15) is 29.7 Å². The molecule has 1 heterocycles. The van der Waals surface area contributed by atoms with Crippen molar-refractivity contribution in [3.63, 3.8) is 0 Å². The number of para-hydroxylation sites is 1. The molecule has 12 heteroatoms. The molecule has 0 saturated heterocycles. The summed E-state index contributed by atoms with van der Waals surface area (Å²) in [6.45, 7) is 1.89. The van der Waals surface area contributed by atoms with E-state index >= 15 is 0 Å². The van der Waals surface area contributed by atoms with Gasteiger partial charge in [-0.05, 0) is 72.6 Å². The number of hydrogen-bond acceptors (Lipinski definition) is 6. The highest BCUT2D eigenvalue weighted by Crippen LogP contribution is 2.26. The molecule has 0 unspecified atom stereocenters. The quantitative estimate of drug-likeness (QED) is 0.198. The maximum atomic E-state index is 12.6. The summed E-state index contributed by atoms with van der Waals surface area (Å²) in [6, 6.07) is 21.9. The maximum Gasteiger partial charge on any atom is 0.493 e. The third-order valence-electron chi connectivity index (χ3n) is 5.62. The van der Waals surface area contributed by atoms with Gasteiger partial charge >= 0.3 is 18.2 Å². The van der Waals surface area contributed by atoms with Crippen LogP contribution in [-0.4, -0.2) is 39.8 Å². The molecule has 0 spiro atoms. The van der Waals surface area contributed by atoms with Gasteiger partial charge in [-0.1, -0.05) is 31.5 Å². The first kappa shape index (κ1) is 29.0. The number of aromatic nitrogens is 2. The Morgan fingerprint density at radius 2 is 1.59 bits per heavy atom. The molecular weight excluding hydrogens is 541 g/mol. The molecule has 2 amide bonds. The molecule has 1 aromatic heterocycles. The zero-order valence-electron chi connectivity index (χ0n) is 22.0. The van der Waals surface area contributed by atoms with Gasteiger partial charge in [0.15, 0.2) is 0 Å². The lowest BCUT2D eigenvalue weighted by Crippen LogP contribution is -2.41. The predicted molar refractivity (Wildman–Crippen MR) is 144 cm³/mol. The van der Waals surface area contributed by atoms with Crippen LogP contribution in [-0.2, 0) is 16.2 Å². The van der Waals surface area contributed by atoms with Crippen molar-refractivity contribution in [3.05, 3.63) is 90.9 Å². The minimum Gasteiger partial charge on any atom is -0.486 e. The van der Waals surface area contributed by atoms with E-state index in [1.165, 1.54) is 12.1 Å². The van der Waals surface area contributed by atoms with Crippen LogP contribution in [0.4, 0.5) is 23.7 Å². The highest BCUT2D eigenvalue weighted by Gasteiger charge is 2.43. The fourth-order valence-corrected chi connectivity index (χ4v) is 3.52. The normalized spacial score (nSPS) is 11.0. The molecule has 0 fully saturated rings. The van der Waals surface area contributed by atoms with E-state index in [4.69, 9.17) is 9.47 Å². The number of amides is 2. The van der Waals surface area contributed by atoms with E-state index in [0.717, 1.165) is 17.0 Å². The molecule has 0 aliphatic rings. The van der Waals surface area contributed by atoms with Gasteiger partial charge in [0.2, 0.25) is 0 Å². The Bertz CT molecular complexity index is 1430. The fourth-order valence-electron chi connectivity index (χ4n) is 3.52. The number of carbonyl (C=O) groups is 2. The minimum atomic E-state index is -5.22. The average molecular weight is 569 g/mol. The summed E-state index contributed by atoms with van der Waals surface area (Å²) in [4.78, 5) is 35.5. The summed E-state index contributed by atoms with van der Waals surface area (Å²) < 4.78 is 49.3. The summed E-state index contributed by atoms with van der Waals surface area (Å²) in [6.07, 6.45) is -2.58. The zero-order chi connectivity index (χ0) is 29.2. The average Bonchev–Trinajstić information content (AvgIpc) is 3.44. The molecule has 41 heavy (non-hydrogen) atoms. The number of hydroxylamine groups is 2. The number of nitrogens with one attached hydrogen (secondary N) is 2. The van der Waals surface area contributed by atoms with E-state index in [2.05, 4.69) is 20.1 Å². The van der Waals surface area contributed by atoms with E-state index < -0.39 is 18.2 Å². The van der Waals surface area contributed by atoms with Gasteiger partial charge in [0, 0.05) is 5.69 Å². The van der Waals surface area contributed by atoms with Crippen LogP contribution in [0.2, 0.25) is 0 Å². The number of nitrogens with zero attached hydrogens (tertiary/aromatic N) is 2. The number of rotatable bonds is 10. The molecule has 4 rings (SSSR count). The lowest BCUT2D eigenvalue weighted by atomic mass is 10.1. The van der Waals surface area contributed by atoms with Crippen LogP contribution in [0.5, 0.6) is 17.2 Å². The van der Waals surface area contributed by atoms with Crippen LogP contribution in [0.15, 0.2) is 85.1 Å². The summed E-state index contributed by atoms with van der Waals surface area (Å²) in [5, 5.41) is 2.78. The van der Waals surface area contributed by atoms with Gasteiger partial charge in [0.05, 0.1) is 18.4 Å². The molecule has 0 aliphatic heterocycles. The van der Waals surface area contributed by atoms with Crippen LogP contribution in [0.3, 0.4) is 0 Å². The van der Waals surface area contributed by atoms with Gasteiger partial charge < -0.3 is 24.6 Å². The first-order valence-corrected chi connectivity index (χ1v) is 12.7. The Kier molecular flexibility index (Phi) is 9.46. The molecule has 4 aromatic rings. The molecule has 9 nitrogen and oxygen atoms in total. The fraction of sp³-hybridized carbons (Fsp3) is 0.207. The van der Waals surface area contributed by atoms with E-state index in [9.17, 15) is 22.8 Å². The zero-order valence-corrected chi connectivity index (χ0v) is 22.0. The van der Waals surface area contributed by atoms with Gasteiger partial charge in [-0.15, -0.1) is 0 Å². The van der Waals surface area contributed by atoms with Crippen molar-refractivity contribution < 1.29 is 37.1 Å². The summed E-state index contributed by atoms with van der Waals surface area (Å²) in [7, 11) is 0. The number of hydrogen-bond donors (Lipinski definition) is 2. The Balaban J connectivity index is 1.31. The van der Waals surface area contributed by atoms with Gasteiger partial charge in [-0.2, -0.15) is 18.2 Å². The highest BCUT2D eigenvalue weighted by atomic mass is 19.4. The number of ether oxygens (including phenoxy) is 2. The molecular formula is C29H27F3N4O5. The lowest BCUT2D eigenvalue weighted by Gasteiger charge is -2.22. The second-order valence-corrected chi connectivity index (χ2v) is 8.76. The van der Waals surface area contributed by atoms with Crippen molar-refractivity contribution >= 4 is 17.7 Å². The molecule has 0 aliphatic carbocycles. The Labute approximate surface area is 233 Å². The van der Waals surface area contributed by atoms with Crippen LogP contribution >= 0.6 is 0 Å². The molecule has 214 valence electrons. The third kappa shape index (κ3) is 8.49. The van der Waals surface area contributed by atoms with Gasteiger partial charge in [-0.25, -0.2) is 14.6 Å². The number of urea groups is 1.